The molecule has 0 atom stereocenters. The van der Waals surface area contributed by atoms with Crippen molar-refractivity contribution < 1.29 is 18.3 Å². The second-order valence-electron chi connectivity index (χ2n) is 5.18. The van der Waals surface area contributed by atoms with Gasteiger partial charge in [-0.05, 0) is 18.2 Å². The van der Waals surface area contributed by atoms with E-state index in [9.17, 15) is 18.3 Å². The summed E-state index contributed by atoms with van der Waals surface area (Å²) >= 11 is 0. The van der Waals surface area contributed by atoms with Gasteiger partial charge in [-0.15, -0.1) is 10.2 Å². The number of nitrogens with one attached hydrogen (secondary N) is 1. The molecule has 0 unspecified atom stereocenters. The Hall–Kier alpha value is -2.84. The van der Waals surface area contributed by atoms with Gasteiger partial charge < -0.3 is 10.4 Å². The fourth-order valence-corrected chi connectivity index (χ4v) is 2.08. The van der Waals surface area contributed by atoms with E-state index in [1.807, 2.05) is 0 Å². The minimum absolute atomic E-state index is 0.131. The third-order valence-corrected chi connectivity index (χ3v) is 3.13. The number of alkyl halides is 3. The van der Waals surface area contributed by atoms with Gasteiger partial charge in [0.25, 0.3) is 0 Å². The van der Waals surface area contributed by atoms with Crippen LogP contribution in [0.25, 0.3) is 17.0 Å². The molecule has 2 N–H and O–H groups in total. The van der Waals surface area contributed by atoms with E-state index in [2.05, 4.69) is 34.3 Å². The summed E-state index contributed by atoms with van der Waals surface area (Å²) in [6, 6.07) is 2.69. The zero-order valence-electron chi connectivity index (χ0n) is 14.0. The average Bonchev–Trinajstić information content (AvgIpc) is 3.04. The first-order chi connectivity index (χ1) is 11.8. The number of nitrogens with zero attached hydrogens (tertiary/aromatic N) is 4. The molecule has 3 aromatic rings. The third kappa shape index (κ3) is 3.81. The van der Waals surface area contributed by atoms with Crippen LogP contribution in [0, 0.1) is 0 Å². The second kappa shape index (κ2) is 7.37. The number of phenols is 1. The Kier molecular flexibility index (Phi) is 5.45. The molecule has 0 saturated carbocycles. The van der Waals surface area contributed by atoms with E-state index in [4.69, 9.17) is 0 Å². The van der Waals surface area contributed by atoms with Gasteiger partial charge in [0.05, 0.1) is 11.1 Å². The molecule has 0 aliphatic heterocycles. The highest BCUT2D eigenvalue weighted by Crippen LogP contribution is 2.36. The lowest BCUT2D eigenvalue weighted by molar-refractivity contribution is -0.137. The van der Waals surface area contributed by atoms with Crippen molar-refractivity contribution in [1.29, 1.82) is 0 Å². The van der Waals surface area contributed by atoms with Gasteiger partial charge in [-0.2, -0.15) is 13.2 Å². The van der Waals surface area contributed by atoms with Crippen molar-refractivity contribution >= 4 is 11.5 Å². The van der Waals surface area contributed by atoms with Crippen LogP contribution < -0.4 is 5.32 Å². The van der Waals surface area contributed by atoms with Crippen LogP contribution in [-0.4, -0.2) is 31.7 Å². The number of fused-ring (bicyclic) bond motifs is 1. The van der Waals surface area contributed by atoms with E-state index in [0.717, 1.165) is 12.1 Å². The average molecular weight is 353 g/mol. The summed E-state index contributed by atoms with van der Waals surface area (Å²) in [5.41, 5.74) is -0.353. The number of phenolic OH excluding ortho intramolecular Hbond substituents is 1. The van der Waals surface area contributed by atoms with Gasteiger partial charge in [0.1, 0.15) is 5.75 Å². The zero-order chi connectivity index (χ0) is 18.6. The summed E-state index contributed by atoms with van der Waals surface area (Å²) in [6.45, 7) is 4.25. The quantitative estimate of drug-likeness (QED) is 0.729. The van der Waals surface area contributed by atoms with Gasteiger partial charge in [0, 0.05) is 19.4 Å². The van der Waals surface area contributed by atoms with E-state index in [-0.39, 0.29) is 11.4 Å². The van der Waals surface area contributed by atoms with Gasteiger partial charge in [-0.1, -0.05) is 20.3 Å². The zero-order valence-corrected chi connectivity index (χ0v) is 14.0. The molecule has 0 spiro atoms. The molecule has 1 aromatic carbocycles. The molecule has 0 amide bonds. The molecule has 0 radical (unpaired) electrons. The number of halogens is 3. The topological polar surface area (TPSA) is 75.3 Å². The molecule has 0 fully saturated rings. The minimum Gasteiger partial charge on any atom is -0.507 e. The third-order valence-electron chi connectivity index (χ3n) is 3.13. The van der Waals surface area contributed by atoms with Crippen molar-refractivity contribution in [2.45, 2.75) is 26.4 Å². The van der Waals surface area contributed by atoms with E-state index in [1.54, 1.807) is 13.2 Å². The Labute approximate surface area is 142 Å². The molecular weight excluding hydrogens is 335 g/mol. The largest absolute Gasteiger partial charge is 0.507 e. The van der Waals surface area contributed by atoms with E-state index >= 15 is 0 Å². The van der Waals surface area contributed by atoms with Crippen LogP contribution >= 0.6 is 0 Å². The van der Waals surface area contributed by atoms with Crippen molar-refractivity contribution in [1.82, 2.24) is 19.6 Å². The summed E-state index contributed by atoms with van der Waals surface area (Å²) in [4.78, 5) is 4.10. The maximum absolute atomic E-state index is 12.6. The number of rotatable bonds is 2. The smallest absolute Gasteiger partial charge is 0.416 e. The molecule has 6 nitrogen and oxygen atoms in total. The molecule has 2 aromatic heterocycles. The number of hydrogen-bond donors (Lipinski definition) is 2. The van der Waals surface area contributed by atoms with Gasteiger partial charge in [-0.3, -0.25) is 4.40 Å². The van der Waals surface area contributed by atoms with Crippen LogP contribution in [0.2, 0.25) is 0 Å². The number of aromatic nitrogens is 4. The van der Waals surface area contributed by atoms with Crippen molar-refractivity contribution in [3.05, 3.63) is 36.2 Å². The SMILES string of the molecule is CCC.CNc1nnc(-c2ccc(C(F)(F)F)cc2O)n2ccnc12. The Bertz CT molecular complexity index is 861. The Morgan fingerprint density at radius 2 is 1.88 bits per heavy atom. The molecule has 134 valence electrons. The number of anilines is 1. The summed E-state index contributed by atoms with van der Waals surface area (Å²) in [6.07, 6.45) is -0.191. The Morgan fingerprint density at radius 3 is 2.44 bits per heavy atom. The fraction of sp³-hybridized carbons (Fsp3) is 0.312. The van der Waals surface area contributed by atoms with Crippen LogP contribution in [0.4, 0.5) is 19.0 Å². The standard InChI is InChI=1S/C13H10F3N5O.C3H8/c1-17-10-12-18-4-5-21(12)11(20-19-10)8-3-2-7(6-9(8)22)13(14,15)16;1-3-2/h2-6,22H,1H3,(H,17,19);3H2,1-2H3. The maximum atomic E-state index is 12.6. The van der Waals surface area contributed by atoms with Crippen molar-refractivity contribution in [2.75, 3.05) is 12.4 Å². The first-order valence-corrected chi connectivity index (χ1v) is 7.61. The maximum Gasteiger partial charge on any atom is 0.416 e. The molecule has 0 aliphatic rings. The van der Waals surface area contributed by atoms with Crippen LogP contribution in [0.5, 0.6) is 5.75 Å². The predicted octanol–water partition coefficient (Wildman–Crippen LogP) is 3.97. The summed E-state index contributed by atoms with van der Waals surface area (Å²) in [5, 5.41) is 20.6. The molecule has 0 aliphatic carbocycles. The van der Waals surface area contributed by atoms with Crippen molar-refractivity contribution in [3.63, 3.8) is 0 Å². The van der Waals surface area contributed by atoms with Crippen LogP contribution in [0.1, 0.15) is 25.8 Å². The summed E-state index contributed by atoms with van der Waals surface area (Å²) in [7, 11) is 1.65. The van der Waals surface area contributed by atoms with E-state index in [1.165, 1.54) is 17.0 Å². The molecule has 25 heavy (non-hydrogen) atoms. The first-order valence-electron chi connectivity index (χ1n) is 7.61. The molecule has 2 heterocycles. The summed E-state index contributed by atoms with van der Waals surface area (Å²) < 4.78 is 39.5. The van der Waals surface area contributed by atoms with Gasteiger partial charge in [0.2, 0.25) is 0 Å². The van der Waals surface area contributed by atoms with E-state index in [0.29, 0.717) is 17.5 Å². The fourth-order valence-electron chi connectivity index (χ4n) is 2.08. The lowest BCUT2D eigenvalue weighted by atomic mass is 10.1. The summed E-state index contributed by atoms with van der Waals surface area (Å²) in [5.74, 6) is 0.0780. The Morgan fingerprint density at radius 1 is 1.20 bits per heavy atom. The highest BCUT2D eigenvalue weighted by molar-refractivity contribution is 5.70. The first kappa shape index (κ1) is 18.5. The number of hydrogen-bond acceptors (Lipinski definition) is 5. The van der Waals surface area contributed by atoms with Crippen molar-refractivity contribution in [3.8, 4) is 17.1 Å². The van der Waals surface area contributed by atoms with Gasteiger partial charge >= 0.3 is 6.18 Å². The van der Waals surface area contributed by atoms with E-state index < -0.39 is 17.5 Å². The monoisotopic (exact) mass is 353 g/mol. The highest BCUT2D eigenvalue weighted by Gasteiger charge is 2.31. The molecular formula is C16H18F3N5O. The van der Waals surface area contributed by atoms with Gasteiger partial charge in [-0.25, -0.2) is 4.98 Å². The number of aromatic hydroxyl groups is 1. The van der Waals surface area contributed by atoms with Crippen LogP contribution in [-0.2, 0) is 6.18 Å². The van der Waals surface area contributed by atoms with Crippen molar-refractivity contribution in [2.24, 2.45) is 0 Å². The lowest BCUT2D eigenvalue weighted by Crippen LogP contribution is -2.06. The molecule has 9 heteroatoms. The normalized spacial score (nSPS) is 11.1. The Balaban J connectivity index is 0.000000701. The minimum atomic E-state index is -4.53. The van der Waals surface area contributed by atoms with Crippen LogP contribution in [0.15, 0.2) is 30.6 Å². The highest BCUT2D eigenvalue weighted by atomic mass is 19.4. The number of imidazole rings is 1. The second-order valence-corrected chi connectivity index (χ2v) is 5.18. The molecule has 0 saturated heterocycles. The van der Waals surface area contributed by atoms with Gasteiger partial charge in [0.15, 0.2) is 17.3 Å². The van der Waals surface area contributed by atoms with Crippen LogP contribution in [0.3, 0.4) is 0 Å². The number of benzene rings is 1. The predicted molar refractivity (Wildman–Crippen MR) is 88.4 cm³/mol. The molecule has 3 rings (SSSR count). The lowest BCUT2D eigenvalue weighted by Gasteiger charge is -2.11. The molecule has 0 bridgehead atoms.